The van der Waals surface area contributed by atoms with Gasteiger partial charge in [0.25, 0.3) is 5.56 Å². The zero-order valence-electron chi connectivity index (χ0n) is 15.1. The van der Waals surface area contributed by atoms with E-state index in [1.807, 2.05) is 0 Å². The van der Waals surface area contributed by atoms with Gasteiger partial charge in [0, 0.05) is 0 Å². The van der Waals surface area contributed by atoms with Crippen molar-refractivity contribution in [3.05, 3.63) is 15.1 Å². The summed E-state index contributed by atoms with van der Waals surface area (Å²) in [6.07, 6.45) is -4.94. The highest BCUT2D eigenvalue weighted by molar-refractivity contribution is 9.10. The molecule has 0 bridgehead atoms. The average Bonchev–Trinajstić information content (AvgIpc) is 3.09. The molecule has 13 heteroatoms. The Bertz CT molecular complexity index is 945. The van der Waals surface area contributed by atoms with Gasteiger partial charge < -0.3 is 31.2 Å². The first-order valence-electron chi connectivity index (χ1n) is 8.48. The summed E-state index contributed by atoms with van der Waals surface area (Å²) in [5, 5.41) is 20.7. The topological polar surface area (TPSA) is 192 Å². The molecule has 3 heterocycles. The largest absolute Gasteiger partial charge is 0.462 e. The summed E-state index contributed by atoms with van der Waals surface area (Å²) in [5.41, 5.74) is 10.8. The van der Waals surface area contributed by atoms with Crippen molar-refractivity contribution in [3.63, 3.8) is 0 Å². The number of ether oxygens (including phenoxy) is 2. The fourth-order valence-electron chi connectivity index (χ4n) is 2.81. The number of H-pyrrole nitrogens is 1. The maximum atomic E-state index is 12.0. The minimum Gasteiger partial charge on any atom is -0.462 e. The number of hydrogen-bond acceptors (Lipinski definition) is 10. The smallest absolute Gasteiger partial charge is 0.323 e. The molecule has 5 atom stereocenters. The first-order valence-corrected chi connectivity index (χ1v) is 9.28. The lowest BCUT2D eigenvalue weighted by Gasteiger charge is -2.18. The number of imidazole rings is 1. The molecule has 0 aliphatic carbocycles. The summed E-state index contributed by atoms with van der Waals surface area (Å²) in [7, 11) is 0. The van der Waals surface area contributed by atoms with Gasteiger partial charge in [-0.15, -0.1) is 0 Å². The van der Waals surface area contributed by atoms with E-state index in [0.717, 1.165) is 0 Å². The lowest BCUT2D eigenvalue weighted by atomic mass is 10.1. The molecule has 1 aliphatic rings. The number of nitrogens with two attached hydrogens (primary N) is 2. The van der Waals surface area contributed by atoms with Gasteiger partial charge in [0.2, 0.25) is 5.95 Å². The van der Waals surface area contributed by atoms with Crippen LogP contribution in [0.1, 0.15) is 20.1 Å². The van der Waals surface area contributed by atoms with Crippen molar-refractivity contribution in [2.24, 2.45) is 11.7 Å². The molecule has 1 saturated heterocycles. The maximum absolute atomic E-state index is 12.0. The second-order valence-corrected chi connectivity index (χ2v) is 7.53. The Kier molecular flexibility index (Phi) is 5.72. The molecule has 12 nitrogen and oxygen atoms in total. The minimum absolute atomic E-state index is 0.0239. The van der Waals surface area contributed by atoms with Crippen LogP contribution in [0.5, 0.6) is 0 Å². The number of nitrogens with one attached hydrogen (secondary N) is 1. The average molecular weight is 461 g/mol. The number of aliphatic hydroxyl groups excluding tert-OH is 2. The summed E-state index contributed by atoms with van der Waals surface area (Å²) >= 11 is 3.19. The van der Waals surface area contributed by atoms with E-state index in [0.29, 0.717) is 0 Å². The van der Waals surface area contributed by atoms with E-state index < -0.39 is 42.1 Å². The Hall–Kier alpha value is -2.06. The van der Waals surface area contributed by atoms with Crippen LogP contribution in [-0.4, -0.2) is 66.7 Å². The normalized spacial score (nSPS) is 26.1. The Morgan fingerprint density at radius 2 is 2.07 bits per heavy atom. The Morgan fingerprint density at radius 3 is 2.71 bits per heavy atom. The van der Waals surface area contributed by atoms with Crippen molar-refractivity contribution < 1.29 is 24.5 Å². The molecule has 0 unspecified atom stereocenters. The molecule has 0 spiro atoms. The first-order chi connectivity index (χ1) is 13.1. The fourth-order valence-corrected chi connectivity index (χ4v) is 3.36. The van der Waals surface area contributed by atoms with E-state index in [1.165, 1.54) is 4.57 Å². The Morgan fingerprint density at radius 1 is 1.39 bits per heavy atom. The van der Waals surface area contributed by atoms with E-state index in [2.05, 4.69) is 30.9 Å². The molecule has 1 fully saturated rings. The zero-order chi connectivity index (χ0) is 20.7. The summed E-state index contributed by atoms with van der Waals surface area (Å²) in [5.74, 6) is -0.908. The quantitative estimate of drug-likeness (QED) is 0.262. The molecule has 7 N–H and O–H groups in total. The molecule has 154 valence electrons. The van der Waals surface area contributed by atoms with Crippen LogP contribution in [0.4, 0.5) is 5.95 Å². The molecule has 0 radical (unpaired) electrons. The zero-order valence-corrected chi connectivity index (χ0v) is 16.7. The number of hydrogen-bond donors (Lipinski definition) is 5. The molecular formula is C15H21BrN6O6. The fraction of sp³-hybridized carbons (Fsp3) is 0.600. The number of carbonyl (C=O) groups is 1. The summed E-state index contributed by atoms with van der Waals surface area (Å²) in [6, 6.07) is -0.815. The number of rotatable bonds is 5. The lowest BCUT2D eigenvalue weighted by Crippen LogP contribution is -2.40. The number of nitrogen functional groups attached to an aromatic ring is 1. The number of fused-ring (bicyclic) bond motifs is 1. The molecule has 2 aromatic heterocycles. The highest BCUT2D eigenvalue weighted by Gasteiger charge is 2.46. The third-order valence-electron chi connectivity index (χ3n) is 4.50. The molecule has 2 aromatic rings. The minimum atomic E-state index is -1.40. The predicted octanol–water partition coefficient (Wildman–Crippen LogP) is -1.39. The molecule has 3 rings (SSSR count). The van der Waals surface area contributed by atoms with Gasteiger partial charge in [-0.1, -0.05) is 13.8 Å². The van der Waals surface area contributed by atoms with Gasteiger partial charge in [0.1, 0.15) is 31.0 Å². The van der Waals surface area contributed by atoms with E-state index >= 15 is 0 Å². The van der Waals surface area contributed by atoms with Crippen LogP contribution in [0.15, 0.2) is 9.53 Å². The van der Waals surface area contributed by atoms with E-state index in [4.69, 9.17) is 20.9 Å². The molecule has 0 amide bonds. The van der Waals surface area contributed by atoms with E-state index in [1.54, 1.807) is 13.8 Å². The van der Waals surface area contributed by atoms with Crippen LogP contribution in [-0.2, 0) is 14.3 Å². The van der Waals surface area contributed by atoms with Crippen molar-refractivity contribution in [1.29, 1.82) is 0 Å². The Balaban J connectivity index is 1.83. The van der Waals surface area contributed by atoms with Crippen LogP contribution in [0.3, 0.4) is 0 Å². The summed E-state index contributed by atoms with van der Waals surface area (Å²) < 4.78 is 12.2. The lowest BCUT2D eigenvalue weighted by molar-refractivity contribution is -0.152. The van der Waals surface area contributed by atoms with E-state index in [-0.39, 0.29) is 34.4 Å². The number of aromatic nitrogens is 4. The van der Waals surface area contributed by atoms with Crippen LogP contribution >= 0.6 is 15.9 Å². The number of halogens is 1. The third kappa shape index (κ3) is 3.63. The molecule has 1 aliphatic heterocycles. The Labute approximate surface area is 167 Å². The van der Waals surface area contributed by atoms with Crippen molar-refractivity contribution in [1.82, 2.24) is 19.5 Å². The van der Waals surface area contributed by atoms with Gasteiger partial charge in [-0.2, -0.15) is 4.98 Å². The van der Waals surface area contributed by atoms with Crippen LogP contribution in [0.2, 0.25) is 0 Å². The number of esters is 1. The molecule has 28 heavy (non-hydrogen) atoms. The number of carbonyl (C=O) groups excluding carboxylic acids is 1. The monoisotopic (exact) mass is 460 g/mol. The SMILES string of the molecule is CC(C)[C@H](N)C(=O)OC[C@H]1O[C@@H](n2c(Br)nc3c(=O)[nH]c(N)nc32)[C@H](O)[C@@H]1O. The third-order valence-corrected chi connectivity index (χ3v) is 5.06. The maximum Gasteiger partial charge on any atom is 0.323 e. The second kappa shape index (κ2) is 7.75. The van der Waals surface area contributed by atoms with Crippen LogP contribution < -0.4 is 17.0 Å². The predicted molar refractivity (Wildman–Crippen MR) is 100.0 cm³/mol. The van der Waals surface area contributed by atoms with Crippen LogP contribution in [0.25, 0.3) is 11.2 Å². The van der Waals surface area contributed by atoms with Crippen molar-refractivity contribution in [2.75, 3.05) is 12.3 Å². The highest BCUT2D eigenvalue weighted by Crippen LogP contribution is 2.34. The van der Waals surface area contributed by atoms with Crippen molar-refractivity contribution in [2.45, 2.75) is 44.4 Å². The van der Waals surface area contributed by atoms with Gasteiger partial charge >= 0.3 is 5.97 Å². The molecule has 0 aromatic carbocycles. The van der Waals surface area contributed by atoms with Gasteiger partial charge in [-0.3, -0.25) is 19.1 Å². The number of anilines is 1. The van der Waals surface area contributed by atoms with Crippen molar-refractivity contribution >= 4 is 39.0 Å². The molecular weight excluding hydrogens is 440 g/mol. The van der Waals surface area contributed by atoms with Gasteiger partial charge in [0.05, 0.1) is 0 Å². The second-order valence-electron chi connectivity index (χ2n) is 6.82. The van der Waals surface area contributed by atoms with Gasteiger partial charge in [-0.25, -0.2) is 4.98 Å². The summed E-state index contributed by atoms with van der Waals surface area (Å²) in [4.78, 5) is 34.3. The standard InChI is InChI=1S/C15H21BrN6O6/c1-4(2)6(17)13(26)27-3-5-8(23)9(24)12(28-5)22-10-7(19-14(22)16)11(25)21-15(18)20-10/h4-6,8-9,12,23-24H,3,17H2,1-2H3,(H3,18,20,21,25)/t5-,6+,8-,9-,12-/m1/s1. The number of aromatic amines is 1. The van der Waals surface area contributed by atoms with E-state index in [9.17, 15) is 19.8 Å². The van der Waals surface area contributed by atoms with Gasteiger partial charge in [0.15, 0.2) is 22.1 Å². The molecule has 0 saturated carbocycles. The number of nitrogens with zero attached hydrogens (tertiary/aromatic N) is 3. The highest BCUT2D eigenvalue weighted by atomic mass is 79.9. The van der Waals surface area contributed by atoms with Gasteiger partial charge in [-0.05, 0) is 21.8 Å². The first kappa shape index (κ1) is 20.7. The van der Waals surface area contributed by atoms with Crippen molar-refractivity contribution in [3.8, 4) is 0 Å². The number of aliphatic hydroxyl groups is 2. The summed E-state index contributed by atoms with van der Waals surface area (Å²) in [6.45, 7) is 3.23. The van der Waals surface area contributed by atoms with Crippen LogP contribution in [0, 0.1) is 5.92 Å².